The van der Waals surface area contributed by atoms with E-state index in [0.717, 1.165) is 12.8 Å². The van der Waals surface area contributed by atoms with Gasteiger partial charge in [0.05, 0.1) is 6.61 Å². The minimum absolute atomic E-state index is 0.496. The van der Waals surface area contributed by atoms with Crippen molar-refractivity contribution >= 4 is 17.2 Å². The highest BCUT2D eigenvalue weighted by Gasteiger charge is 1.96. The van der Waals surface area contributed by atoms with Crippen molar-refractivity contribution in [3.8, 4) is 0 Å². The molecule has 0 aliphatic heterocycles. The molecular formula is C14H14O2. The Hall–Kier alpha value is -1.83. The van der Waals surface area contributed by atoms with E-state index in [1.807, 2.05) is 12.1 Å². The molecule has 0 spiro atoms. The molecule has 0 saturated heterocycles. The van der Waals surface area contributed by atoms with Crippen molar-refractivity contribution in [2.45, 2.75) is 12.8 Å². The van der Waals surface area contributed by atoms with Crippen LogP contribution in [0.5, 0.6) is 0 Å². The Kier molecular flexibility index (Phi) is 3.54. The Morgan fingerprint density at radius 1 is 1.06 bits per heavy atom. The van der Waals surface area contributed by atoms with E-state index in [1.165, 1.54) is 16.3 Å². The Labute approximate surface area is 94.8 Å². The summed E-state index contributed by atoms with van der Waals surface area (Å²) >= 11 is 0. The van der Waals surface area contributed by atoms with Gasteiger partial charge in [0.2, 0.25) is 0 Å². The van der Waals surface area contributed by atoms with E-state index in [0.29, 0.717) is 13.1 Å². The van der Waals surface area contributed by atoms with Crippen LogP contribution < -0.4 is 0 Å². The highest BCUT2D eigenvalue weighted by atomic mass is 16.5. The van der Waals surface area contributed by atoms with Crippen LogP contribution in [0.25, 0.3) is 10.8 Å². The molecule has 2 aromatic rings. The Bertz CT molecular complexity index is 477. The van der Waals surface area contributed by atoms with Crippen molar-refractivity contribution in [1.29, 1.82) is 0 Å². The molecule has 0 aliphatic carbocycles. The van der Waals surface area contributed by atoms with Crippen LogP contribution in [-0.4, -0.2) is 13.1 Å². The summed E-state index contributed by atoms with van der Waals surface area (Å²) in [6.45, 7) is 0.997. The SMILES string of the molecule is O=COCCCc1ccc2ccccc2c1. The second kappa shape index (κ2) is 5.31. The van der Waals surface area contributed by atoms with Gasteiger partial charge >= 0.3 is 0 Å². The zero-order valence-electron chi connectivity index (χ0n) is 9.06. The van der Waals surface area contributed by atoms with Crippen LogP contribution in [0.1, 0.15) is 12.0 Å². The van der Waals surface area contributed by atoms with Crippen molar-refractivity contribution in [2.75, 3.05) is 6.61 Å². The van der Waals surface area contributed by atoms with Crippen LogP contribution in [0.3, 0.4) is 0 Å². The fraction of sp³-hybridized carbons (Fsp3) is 0.214. The maximum absolute atomic E-state index is 9.97. The first kappa shape index (κ1) is 10.7. The molecule has 2 aromatic carbocycles. The lowest BCUT2D eigenvalue weighted by Crippen LogP contribution is -1.94. The average molecular weight is 214 g/mol. The Morgan fingerprint density at radius 2 is 1.88 bits per heavy atom. The lowest BCUT2D eigenvalue weighted by molar-refractivity contribution is -0.128. The Balaban J connectivity index is 2.05. The molecule has 0 aliphatic rings. The molecule has 0 heterocycles. The molecule has 2 nitrogen and oxygen atoms in total. The largest absolute Gasteiger partial charge is 0.468 e. The molecule has 0 N–H and O–H groups in total. The summed E-state index contributed by atoms with van der Waals surface area (Å²) in [6, 6.07) is 14.8. The van der Waals surface area contributed by atoms with Crippen molar-refractivity contribution in [1.82, 2.24) is 0 Å². The predicted molar refractivity (Wildman–Crippen MR) is 64.3 cm³/mol. The van der Waals surface area contributed by atoms with Gasteiger partial charge in [-0.3, -0.25) is 4.79 Å². The standard InChI is InChI=1S/C14H14O2/c15-11-16-9-3-4-12-7-8-13-5-1-2-6-14(13)10-12/h1-2,5-8,10-11H,3-4,9H2. The number of aryl methyl sites for hydroxylation is 1. The molecule has 82 valence electrons. The van der Waals surface area contributed by atoms with Gasteiger partial charge in [-0.15, -0.1) is 0 Å². The number of carbonyl (C=O) groups excluding carboxylic acids is 1. The molecular weight excluding hydrogens is 200 g/mol. The summed E-state index contributed by atoms with van der Waals surface area (Å²) < 4.78 is 4.66. The molecule has 0 saturated carbocycles. The number of hydrogen-bond acceptors (Lipinski definition) is 2. The van der Waals surface area contributed by atoms with Gasteiger partial charge in [0, 0.05) is 0 Å². The fourth-order valence-electron chi connectivity index (χ4n) is 1.80. The first-order chi connectivity index (χ1) is 7.90. The molecule has 0 bridgehead atoms. The number of benzene rings is 2. The monoisotopic (exact) mass is 214 g/mol. The first-order valence-electron chi connectivity index (χ1n) is 5.43. The molecule has 0 atom stereocenters. The minimum atomic E-state index is 0.496. The molecule has 0 aromatic heterocycles. The highest BCUT2D eigenvalue weighted by molar-refractivity contribution is 5.82. The van der Waals surface area contributed by atoms with Gasteiger partial charge in [0.15, 0.2) is 0 Å². The second-order valence-corrected chi connectivity index (χ2v) is 3.75. The third-order valence-corrected chi connectivity index (χ3v) is 2.61. The number of ether oxygens (including phenoxy) is 1. The first-order valence-corrected chi connectivity index (χ1v) is 5.43. The quantitative estimate of drug-likeness (QED) is 0.565. The third-order valence-electron chi connectivity index (χ3n) is 2.61. The summed E-state index contributed by atoms with van der Waals surface area (Å²) in [5.74, 6) is 0. The summed E-state index contributed by atoms with van der Waals surface area (Å²) in [5, 5.41) is 2.52. The minimum Gasteiger partial charge on any atom is -0.468 e. The van der Waals surface area contributed by atoms with E-state index >= 15 is 0 Å². The topological polar surface area (TPSA) is 26.3 Å². The molecule has 16 heavy (non-hydrogen) atoms. The van der Waals surface area contributed by atoms with Crippen LogP contribution in [0.2, 0.25) is 0 Å². The smallest absolute Gasteiger partial charge is 0.293 e. The van der Waals surface area contributed by atoms with E-state index in [4.69, 9.17) is 0 Å². The normalized spacial score (nSPS) is 10.2. The summed E-state index contributed by atoms with van der Waals surface area (Å²) in [4.78, 5) is 9.97. The lowest BCUT2D eigenvalue weighted by atomic mass is 10.0. The van der Waals surface area contributed by atoms with E-state index in [1.54, 1.807) is 0 Å². The molecule has 0 fully saturated rings. The molecule has 0 radical (unpaired) electrons. The average Bonchev–Trinajstić information content (AvgIpc) is 2.34. The van der Waals surface area contributed by atoms with Crippen LogP contribution in [0, 0.1) is 0 Å². The predicted octanol–water partition coefficient (Wildman–Crippen LogP) is 2.95. The van der Waals surface area contributed by atoms with E-state index in [2.05, 4.69) is 35.1 Å². The summed E-state index contributed by atoms with van der Waals surface area (Å²) in [5.41, 5.74) is 1.29. The van der Waals surface area contributed by atoms with Gasteiger partial charge in [-0.25, -0.2) is 0 Å². The van der Waals surface area contributed by atoms with Crippen molar-refractivity contribution in [2.24, 2.45) is 0 Å². The maximum Gasteiger partial charge on any atom is 0.293 e. The van der Waals surface area contributed by atoms with Gasteiger partial charge in [-0.1, -0.05) is 42.5 Å². The van der Waals surface area contributed by atoms with E-state index < -0.39 is 0 Å². The second-order valence-electron chi connectivity index (χ2n) is 3.75. The van der Waals surface area contributed by atoms with Crippen molar-refractivity contribution in [3.05, 3.63) is 48.0 Å². The maximum atomic E-state index is 9.97. The lowest BCUT2D eigenvalue weighted by Gasteiger charge is -2.03. The molecule has 2 heteroatoms. The molecule has 0 unspecified atom stereocenters. The van der Waals surface area contributed by atoms with Gasteiger partial charge in [-0.2, -0.15) is 0 Å². The summed E-state index contributed by atoms with van der Waals surface area (Å²) in [6.07, 6.45) is 1.82. The zero-order chi connectivity index (χ0) is 11.2. The van der Waals surface area contributed by atoms with Crippen LogP contribution >= 0.6 is 0 Å². The van der Waals surface area contributed by atoms with Crippen LogP contribution in [0.4, 0.5) is 0 Å². The van der Waals surface area contributed by atoms with Crippen molar-refractivity contribution < 1.29 is 9.53 Å². The van der Waals surface area contributed by atoms with Crippen LogP contribution in [0.15, 0.2) is 42.5 Å². The number of carbonyl (C=O) groups is 1. The zero-order valence-corrected chi connectivity index (χ0v) is 9.06. The van der Waals surface area contributed by atoms with Gasteiger partial charge in [0.25, 0.3) is 6.47 Å². The van der Waals surface area contributed by atoms with E-state index in [9.17, 15) is 4.79 Å². The third kappa shape index (κ3) is 2.60. The van der Waals surface area contributed by atoms with E-state index in [-0.39, 0.29) is 0 Å². The van der Waals surface area contributed by atoms with Gasteiger partial charge in [0.1, 0.15) is 0 Å². The van der Waals surface area contributed by atoms with Crippen molar-refractivity contribution in [3.63, 3.8) is 0 Å². The summed E-state index contributed by atoms with van der Waals surface area (Å²) in [7, 11) is 0. The number of fused-ring (bicyclic) bond motifs is 1. The highest BCUT2D eigenvalue weighted by Crippen LogP contribution is 2.16. The molecule has 2 rings (SSSR count). The Morgan fingerprint density at radius 3 is 2.69 bits per heavy atom. The number of rotatable bonds is 5. The van der Waals surface area contributed by atoms with Gasteiger partial charge in [-0.05, 0) is 29.2 Å². The molecule has 0 amide bonds. The number of hydrogen-bond donors (Lipinski definition) is 0. The van der Waals surface area contributed by atoms with Gasteiger partial charge < -0.3 is 4.74 Å². The van der Waals surface area contributed by atoms with Crippen LogP contribution in [-0.2, 0) is 16.0 Å². The fourth-order valence-corrected chi connectivity index (χ4v) is 1.80.